The molecule has 2 unspecified atom stereocenters. The van der Waals surface area contributed by atoms with Gasteiger partial charge in [0.1, 0.15) is 17.2 Å². The molecule has 4 aliphatic carbocycles. The lowest BCUT2D eigenvalue weighted by Crippen LogP contribution is -2.66. The van der Waals surface area contributed by atoms with Gasteiger partial charge in [-0.1, -0.05) is 6.07 Å². The lowest BCUT2D eigenvalue weighted by atomic mass is 9.52. The Morgan fingerprint density at radius 3 is 2.35 bits per heavy atom. The first kappa shape index (κ1) is 23.5. The van der Waals surface area contributed by atoms with Crippen LogP contribution < -0.4 is 5.32 Å². The van der Waals surface area contributed by atoms with Gasteiger partial charge in [-0.25, -0.2) is 13.6 Å². The van der Waals surface area contributed by atoms with Crippen molar-refractivity contribution in [2.75, 3.05) is 13.1 Å². The topological polar surface area (TPSA) is 78.9 Å². The highest BCUT2D eigenvalue weighted by Crippen LogP contribution is 2.57. The highest BCUT2D eigenvalue weighted by atomic mass is 19.1. The van der Waals surface area contributed by atoms with E-state index in [0.29, 0.717) is 50.3 Å². The predicted octanol–water partition coefficient (Wildman–Crippen LogP) is 4.68. The van der Waals surface area contributed by atoms with Gasteiger partial charge in [-0.2, -0.15) is 0 Å². The number of piperidine rings is 1. The summed E-state index contributed by atoms with van der Waals surface area (Å²) in [5.41, 5.74) is -0.735. The molecule has 4 saturated carbocycles. The SMILES string of the molecule is CC(C)(C(=O)NC1C2CC3CC1CC(OC(=O)O)(C3)C2)N1CCC(c2ccc(F)cc2F)CC1. The van der Waals surface area contributed by atoms with E-state index in [2.05, 4.69) is 10.2 Å². The lowest BCUT2D eigenvalue weighted by Gasteiger charge is -2.59. The van der Waals surface area contributed by atoms with E-state index >= 15 is 0 Å². The van der Waals surface area contributed by atoms with E-state index in [1.807, 2.05) is 13.8 Å². The van der Waals surface area contributed by atoms with Crippen LogP contribution in [-0.2, 0) is 9.53 Å². The maximum absolute atomic E-state index is 14.2. The summed E-state index contributed by atoms with van der Waals surface area (Å²) in [5.74, 6) is -0.0853. The average Bonchev–Trinajstić information content (AvgIpc) is 2.75. The van der Waals surface area contributed by atoms with Crippen molar-refractivity contribution in [3.8, 4) is 0 Å². The fourth-order valence-electron chi connectivity index (χ4n) is 7.55. The van der Waals surface area contributed by atoms with Crippen molar-refractivity contribution >= 4 is 12.1 Å². The number of rotatable bonds is 5. The predicted molar refractivity (Wildman–Crippen MR) is 121 cm³/mol. The summed E-state index contributed by atoms with van der Waals surface area (Å²) in [6.45, 7) is 5.20. The second kappa shape index (κ2) is 8.47. The molecule has 1 aromatic rings. The second-order valence-corrected chi connectivity index (χ2v) is 11.5. The van der Waals surface area contributed by atoms with Gasteiger partial charge < -0.3 is 15.2 Å². The Kier molecular flexibility index (Phi) is 5.86. The number of amides is 1. The second-order valence-electron chi connectivity index (χ2n) is 11.5. The Morgan fingerprint density at radius 2 is 1.76 bits per heavy atom. The molecule has 1 aliphatic heterocycles. The summed E-state index contributed by atoms with van der Waals surface area (Å²) in [5, 5.41) is 12.6. The third kappa shape index (κ3) is 4.18. The Bertz CT molecular complexity index is 960. The molecule has 5 aliphatic rings. The average molecular weight is 477 g/mol. The van der Waals surface area contributed by atoms with Crippen LogP contribution in [0.25, 0.3) is 0 Å². The van der Waals surface area contributed by atoms with Gasteiger partial charge in [0.2, 0.25) is 5.91 Å². The zero-order chi connectivity index (χ0) is 24.3. The van der Waals surface area contributed by atoms with Crippen LogP contribution in [0.15, 0.2) is 18.2 Å². The summed E-state index contributed by atoms with van der Waals surface area (Å²) in [6.07, 6.45) is 4.44. The molecule has 6 nitrogen and oxygen atoms in total. The van der Waals surface area contributed by atoms with E-state index in [0.717, 1.165) is 25.3 Å². The van der Waals surface area contributed by atoms with E-state index in [1.54, 1.807) is 0 Å². The minimum absolute atomic E-state index is 0.00964. The summed E-state index contributed by atoms with van der Waals surface area (Å²) in [4.78, 5) is 26.9. The summed E-state index contributed by atoms with van der Waals surface area (Å²) in [6, 6.07) is 3.84. The first-order valence-corrected chi connectivity index (χ1v) is 12.5. The van der Waals surface area contributed by atoms with Crippen molar-refractivity contribution in [2.24, 2.45) is 17.8 Å². The molecule has 8 heteroatoms. The van der Waals surface area contributed by atoms with Crippen molar-refractivity contribution < 1.29 is 28.2 Å². The van der Waals surface area contributed by atoms with E-state index in [4.69, 9.17) is 4.74 Å². The largest absolute Gasteiger partial charge is 0.506 e. The normalized spacial score (nSPS) is 33.6. The summed E-state index contributed by atoms with van der Waals surface area (Å²) in [7, 11) is 0. The van der Waals surface area contributed by atoms with Crippen LogP contribution in [0.4, 0.5) is 13.6 Å². The maximum Gasteiger partial charge on any atom is 0.506 e. The lowest BCUT2D eigenvalue weighted by molar-refractivity contribution is -0.157. The highest BCUT2D eigenvalue weighted by Gasteiger charge is 2.58. The van der Waals surface area contributed by atoms with Crippen LogP contribution in [0.5, 0.6) is 0 Å². The van der Waals surface area contributed by atoms with Gasteiger partial charge >= 0.3 is 6.16 Å². The molecule has 6 rings (SSSR count). The number of nitrogens with zero attached hydrogens (tertiary/aromatic N) is 1. The molecule has 4 bridgehead atoms. The molecule has 2 N–H and O–H groups in total. The molecule has 0 spiro atoms. The van der Waals surface area contributed by atoms with Crippen LogP contribution in [0.2, 0.25) is 0 Å². The number of ether oxygens (including phenoxy) is 1. The van der Waals surface area contributed by atoms with Crippen LogP contribution in [0.3, 0.4) is 0 Å². The number of hydrogen-bond donors (Lipinski definition) is 2. The maximum atomic E-state index is 14.2. The molecule has 1 heterocycles. The number of carbonyl (C=O) groups is 2. The molecule has 1 amide bonds. The molecule has 0 radical (unpaired) electrons. The van der Waals surface area contributed by atoms with Crippen molar-refractivity contribution in [1.29, 1.82) is 0 Å². The van der Waals surface area contributed by atoms with Gasteiger partial charge in [-0.15, -0.1) is 0 Å². The fourth-order valence-corrected chi connectivity index (χ4v) is 7.55. The first-order chi connectivity index (χ1) is 16.1. The van der Waals surface area contributed by atoms with Crippen LogP contribution in [0, 0.1) is 29.4 Å². The van der Waals surface area contributed by atoms with Crippen molar-refractivity contribution in [1.82, 2.24) is 10.2 Å². The van der Waals surface area contributed by atoms with E-state index in [-0.39, 0.29) is 29.7 Å². The van der Waals surface area contributed by atoms with Gasteiger partial charge in [-0.05, 0) is 107 Å². The summed E-state index contributed by atoms with van der Waals surface area (Å²) >= 11 is 0. The molecular weight excluding hydrogens is 442 g/mol. The number of nitrogens with one attached hydrogen (secondary N) is 1. The van der Waals surface area contributed by atoms with Crippen LogP contribution in [-0.4, -0.2) is 52.3 Å². The fraction of sp³-hybridized carbons (Fsp3) is 0.692. The highest BCUT2D eigenvalue weighted by molar-refractivity contribution is 5.85. The Labute approximate surface area is 199 Å². The van der Waals surface area contributed by atoms with Crippen LogP contribution >= 0.6 is 0 Å². The van der Waals surface area contributed by atoms with Gasteiger partial charge in [0, 0.05) is 12.1 Å². The molecule has 0 aromatic heterocycles. The van der Waals surface area contributed by atoms with E-state index in [1.165, 1.54) is 12.1 Å². The van der Waals surface area contributed by atoms with Gasteiger partial charge in [0.05, 0.1) is 5.54 Å². The number of hydrogen-bond acceptors (Lipinski definition) is 4. The van der Waals surface area contributed by atoms with Crippen LogP contribution in [0.1, 0.15) is 70.3 Å². The smallest absolute Gasteiger partial charge is 0.450 e. The molecule has 1 aromatic carbocycles. The molecule has 186 valence electrons. The number of halogens is 2. The summed E-state index contributed by atoms with van der Waals surface area (Å²) < 4.78 is 32.9. The third-order valence-electron chi connectivity index (χ3n) is 9.06. The zero-order valence-corrected chi connectivity index (χ0v) is 19.9. The monoisotopic (exact) mass is 476 g/mol. The molecule has 34 heavy (non-hydrogen) atoms. The quantitative estimate of drug-likeness (QED) is 0.604. The number of likely N-dealkylation sites (tertiary alicyclic amines) is 1. The van der Waals surface area contributed by atoms with Gasteiger partial charge in [0.15, 0.2) is 0 Å². The van der Waals surface area contributed by atoms with Gasteiger partial charge in [-0.3, -0.25) is 9.69 Å². The molecular formula is C26H34F2N2O4. The third-order valence-corrected chi connectivity index (χ3v) is 9.06. The van der Waals surface area contributed by atoms with E-state index in [9.17, 15) is 23.5 Å². The Hall–Kier alpha value is -2.22. The number of carbonyl (C=O) groups excluding carboxylic acids is 1. The van der Waals surface area contributed by atoms with Crippen molar-refractivity contribution in [3.63, 3.8) is 0 Å². The minimum atomic E-state index is -1.20. The van der Waals surface area contributed by atoms with E-state index < -0.39 is 28.9 Å². The van der Waals surface area contributed by atoms with Crippen molar-refractivity contribution in [3.05, 3.63) is 35.4 Å². The standard InChI is InChI=1S/C26H34F2N2O4/c1-25(2,30-7-5-16(6-8-30)20-4-3-19(27)11-21(20)28)23(31)29-22-17-9-15-10-18(22)14-26(12-15,13-17)34-24(32)33/h3-4,11,15-18,22H,5-10,12-14H2,1-2H3,(H,29,31)(H,32,33). The zero-order valence-electron chi connectivity index (χ0n) is 19.9. The molecule has 5 fully saturated rings. The van der Waals surface area contributed by atoms with Crippen molar-refractivity contribution in [2.45, 2.75) is 81.9 Å². The first-order valence-electron chi connectivity index (χ1n) is 12.5. The Morgan fingerprint density at radius 1 is 1.12 bits per heavy atom. The Balaban J connectivity index is 1.21. The van der Waals surface area contributed by atoms with Gasteiger partial charge in [0.25, 0.3) is 0 Å². The number of benzene rings is 1. The number of carboxylic acid groups (broad SMARTS) is 1. The minimum Gasteiger partial charge on any atom is -0.450 e. The molecule has 2 atom stereocenters. The molecule has 1 saturated heterocycles.